The van der Waals surface area contributed by atoms with Crippen LogP contribution in [0.25, 0.3) is 0 Å². The molecule has 12 fully saturated rings. The van der Waals surface area contributed by atoms with Gasteiger partial charge in [0.15, 0.2) is 43.5 Å². The van der Waals surface area contributed by atoms with E-state index in [9.17, 15) is 81.1 Å². The zero-order valence-electron chi connectivity index (χ0n) is 53.4. The van der Waals surface area contributed by atoms with E-state index in [4.69, 9.17) is 56.8 Å². The van der Waals surface area contributed by atoms with Gasteiger partial charge in [0.2, 0.25) is 6.29 Å². The van der Waals surface area contributed by atoms with E-state index in [1.165, 1.54) is 6.92 Å². The molecule has 5 aliphatic carbocycles. The van der Waals surface area contributed by atoms with Gasteiger partial charge in [0.25, 0.3) is 0 Å². The fourth-order valence-electron chi connectivity index (χ4n) is 18.5. The second kappa shape index (κ2) is 25.8. The number of rotatable bonds is 4. The van der Waals surface area contributed by atoms with Gasteiger partial charge in [-0.15, -0.1) is 0 Å². The minimum atomic E-state index is -2.29. The Bertz CT molecular complexity index is 2700. The lowest BCUT2D eigenvalue weighted by Crippen LogP contribution is -2.70. The standard InChI is InChI=1S/C63H98O29/c1-26-46-47(88-51-43(76)38(71)30(67)22-81-51)45(78)53(84-26)90-48-39(72)31(68)23-82-54(48)92-56(79)63-15-13-57(2,3)17-28(63)27-9-10-35-59(5)18-29(66)50(60(6,25-65)34(59)11-12-62(35,8)61(27,7)14-16-63)91-55-49(42(75)40(73)32(21-64)86-55)89-52-44(77)41(74)33(24-83-52)85-36(69)19-58(4,80)20-37(70)87-46/h9,26,28-35,38-55,64-68,71-78,80H,10-25H2,1-8H3. The number of carbonyl (C=O) groups excluding carboxylic acids is 3. The monoisotopic (exact) mass is 1320 g/mol. The van der Waals surface area contributed by atoms with Crippen LogP contribution < -0.4 is 0 Å². The molecule has 17 rings (SSSR count). The van der Waals surface area contributed by atoms with Crippen LogP contribution in [0.4, 0.5) is 0 Å². The van der Waals surface area contributed by atoms with Crippen LogP contribution in [0, 0.1) is 50.2 Å². The summed E-state index contributed by atoms with van der Waals surface area (Å²) in [6.07, 6.45) is -36.9. The first-order valence-electron chi connectivity index (χ1n) is 32.6. The van der Waals surface area contributed by atoms with E-state index in [0.717, 1.165) is 12.5 Å². The van der Waals surface area contributed by atoms with Gasteiger partial charge in [0, 0.05) is 5.41 Å². The fraction of sp³-hybridized carbons (Fsp3) is 0.921. The normalized spacial score (nSPS) is 54.4. The molecule has 12 bridgehead atoms. The van der Waals surface area contributed by atoms with E-state index in [1.54, 1.807) is 0 Å². The van der Waals surface area contributed by atoms with Gasteiger partial charge in [-0.25, -0.2) is 0 Å². The van der Waals surface area contributed by atoms with E-state index < -0.39 is 244 Å². The Balaban J connectivity index is 0.951. The summed E-state index contributed by atoms with van der Waals surface area (Å²) in [6, 6.07) is 0. The summed E-state index contributed by atoms with van der Waals surface area (Å²) in [5.74, 6) is -3.90. The maximum atomic E-state index is 15.6. The van der Waals surface area contributed by atoms with Crippen molar-refractivity contribution >= 4 is 17.9 Å². The summed E-state index contributed by atoms with van der Waals surface area (Å²) in [7, 11) is 0. The third kappa shape index (κ3) is 12.1. The van der Waals surface area contributed by atoms with Gasteiger partial charge in [0.05, 0.1) is 75.2 Å². The van der Waals surface area contributed by atoms with Crippen LogP contribution in [0.1, 0.15) is 126 Å². The smallest absolute Gasteiger partial charge is 0.315 e. The number of ether oxygens (including phenoxy) is 12. The van der Waals surface area contributed by atoms with Gasteiger partial charge >= 0.3 is 17.9 Å². The number of hydrogen-bond acceptors (Lipinski definition) is 29. The third-order valence-corrected chi connectivity index (χ3v) is 24.0. The molecule has 0 aromatic rings. The van der Waals surface area contributed by atoms with Crippen LogP contribution in [-0.2, 0) is 71.2 Å². The molecule has 33 unspecified atom stereocenters. The number of aliphatic hydroxyl groups is 14. The molecule has 12 aliphatic heterocycles. The molecule has 29 heteroatoms. The van der Waals surface area contributed by atoms with E-state index >= 15 is 4.79 Å². The molecule has 0 radical (unpaired) electrons. The molecule has 92 heavy (non-hydrogen) atoms. The molecule has 29 nitrogen and oxygen atoms in total. The van der Waals surface area contributed by atoms with Crippen molar-refractivity contribution in [3.05, 3.63) is 11.6 Å². The SMILES string of the molecule is CC1OC2OC3C(OCC(O)C3O)OC(=O)C34CCC(C)(C)CC3C3=CCC5C6(C)CC(O)C(OC7OC(CO)C(O)C(O)C7OC7OCC(OC(=O)CC(C)(O)CC(=O)OC1C(OC1OCC(O)C(O)C1O)C2O)C(O)C7O)C(C)(CO)C6CCC5(C)C3(C)CC4. The first-order valence-corrected chi connectivity index (χ1v) is 32.6. The number of carbonyl (C=O) groups is 3. The van der Waals surface area contributed by atoms with Gasteiger partial charge in [-0.05, 0) is 111 Å². The van der Waals surface area contributed by atoms with Crippen LogP contribution in [0.15, 0.2) is 11.6 Å². The van der Waals surface area contributed by atoms with E-state index in [1.807, 2.05) is 6.92 Å². The predicted octanol–water partition coefficient (Wildman–Crippen LogP) is -2.68. The van der Waals surface area contributed by atoms with Crippen LogP contribution in [-0.4, -0.2) is 275 Å². The van der Waals surface area contributed by atoms with Gasteiger partial charge in [-0.3, -0.25) is 14.4 Å². The predicted molar refractivity (Wildman–Crippen MR) is 306 cm³/mol. The van der Waals surface area contributed by atoms with Crippen molar-refractivity contribution < 1.29 is 143 Å². The Morgan fingerprint density at radius 3 is 1.90 bits per heavy atom. The molecule has 8 saturated heterocycles. The molecule has 0 amide bonds. The van der Waals surface area contributed by atoms with Crippen LogP contribution in [0.3, 0.4) is 0 Å². The van der Waals surface area contributed by atoms with Crippen molar-refractivity contribution in [2.45, 2.75) is 279 Å². The molecule has 17 aliphatic rings. The van der Waals surface area contributed by atoms with E-state index in [0.29, 0.717) is 51.4 Å². The molecule has 33 atom stereocenters. The number of aliphatic hydroxyl groups excluding tert-OH is 13. The van der Waals surface area contributed by atoms with Crippen molar-refractivity contribution in [1.29, 1.82) is 0 Å². The largest absolute Gasteiger partial charge is 0.457 e. The average molecular weight is 1320 g/mol. The zero-order chi connectivity index (χ0) is 66.9. The van der Waals surface area contributed by atoms with Gasteiger partial charge in [-0.1, -0.05) is 53.2 Å². The first kappa shape index (κ1) is 70.5. The average Bonchev–Trinajstić information content (AvgIpc) is 0.674. The highest BCUT2D eigenvalue weighted by Gasteiger charge is 2.72. The van der Waals surface area contributed by atoms with E-state index in [-0.39, 0.29) is 29.6 Å². The van der Waals surface area contributed by atoms with Crippen LogP contribution in [0.5, 0.6) is 0 Å². The molecule has 14 N–H and O–H groups in total. The lowest BCUT2D eigenvalue weighted by Gasteiger charge is -2.72. The molecule has 12 heterocycles. The second-order valence-electron chi connectivity index (χ2n) is 30.5. The van der Waals surface area contributed by atoms with Crippen molar-refractivity contribution in [2.24, 2.45) is 50.2 Å². The molecule has 1 spiro atoms. The van der Waals surface area contributed by atoms with E-state index in [2.05, 4.69) is 40.7 Å². The highest BCUT2D eigenvalue weighted by atomic mass is 16.8. The molecule has 0 aromatic carbocycles. The molecular weight excluding hydrogens is 1220 g/mol. The molecule has 4 saturated carbocycles. The van der Waals surface area contributed by atoms with Crippen molar-refractivity contribution in [2.75, 3.05) is 33.0 Å². The maximum Gasteiger partial charge on any atom is 0.315 e. The summed E-state index contributed by atoms with van der Waals surface area (Å²) in [5, 5.41) is 159. The zero-order valence-corrected chi connectivity index (χ0v) is 53.4. The third-order valence-electron chi connectivity index (χ3n) is 24.0. The van der Waals surface area contributed by atoms with Gasteiger partial charge in [-0.2, -0.15) is 0 Å². The summed E-state index contributed by atoms with van der Waals surface area (Å²) in [5.41, 5.74) is -5.49. The number of hydrogen-bond donors (Lipinski definition) is 14. The Labute approximate surface area is 533 Å². The topological polar surface area (TPSA) is 445 Å². The highest BCUT2D eigenvalue weighted by molar-refractivity contribution is 5.79. The lowest BCUT2D eigenvalue weighted by molar-refractivity contribution is -0.377. The Kier molecular flexibility index (Phi) is 19.8. The summed E-state index contributed by atoms with van der Waals surface area (Å²) < 4.78 is 72.3. The lowest BCUT2D eigenvalue weighted by atomic mass is 9.33. The van der Waals surface area contributed by atoms with Crippen molar-refractivity contribution in [1.82, 2.24) is 0 Å². The summed E-state index contributed by atoms with van der Waals surface area (Å²) in [4.78, 5) is 43.1. The first-order chi connectivity index (χ1) is 43.1. The fourth-order valence-corrected chi connectivity index (χ4v) is 18.5. The number of allylic oxidation sites excluding steroid dienone is 2. The Hall–Kier alpha value is -2.77. The van der Waals surface area contributed by atoms with Crippen molar-refractivity contribution in [3.8, 4) is 0 Å². The minimum Gasteiger partial charge on any atom is -0.457 e. The summed E-state index contributed by atoms with van der Waals surface area (Å²) in [6.45, 7) is 12.2. The van der Waals surface area contributed by atoms with Gasteiger partial charge < -0.3 is 128 Å². The highest BCUT2D eigenvalue weighted by Crippen LogP contribution is 2.76. The molecule has 0 aromatic heterocycles. The minimum absolute atomic E-state index is 0.109. The number of esters is 3. The second-order valence-corrected chi connectivity index (χ2v) is 30.5. The maximum absolute atomic E-state index is 15.6. The Morgan fingerprint density at radius 1 is 0.565 bits per heavy atom. The van der Waals surface area contributed by atoms with Gasteiger partial charge in [0.1, 0.15) is 79.4 Å². The van der Waals surface area contributed by atoms with Crippen LogP contribution >= 0.6 is 0 Å². The van der Waals surface area contributed by atoms with Crippen molar-refractivity contribution in [3.63, 3.8) is 0 Å². The molecule has 524 valence electrons. The quantitative estimate of drug-likeness (QED) is 0.0590. The van der Waals surface area contributed by atoms with Crippen LogP contribution in [0.2, 0.25) is 0 Å². The Morgan fingerprint density at radius 2 is 1.21 bits per heavy atom. The molecular formula is C63H98O29. The summed E-state index contributed by atoms with van der Waals surface area (Å²) >= 11 is 0.